The molecule has 3 heterocycles. The fraction of sp³-hybridized carbons (Fsp3) is 0.500. The summed E-state index contributed by atoms with van der Waals surface area (Å²) >= 11 is 0. The molecule has 200 valence electrons. The van der Waals surface area contributed by atoms with Gasteiger partial charge in [0.2, 0.25) is 0 Å². The second-order valence-corrected chi connectivity index (χ2v) is 9.89. The Morgan fingerprint density at radius 3 is 2.35 bits per heavy atom. The lowest BCUT2D eigenvalue weighted by Crippen LogP contribution is -2.45. The molecule has 0 saturated carbocycles. The van der Waals surface area contributed by atoms with Crippen molar-refractivity contribution >= 4 is 11.8 Å². The summed E-state index contributed by atoms with van der Waals surface area (Å²) in [4.78, 5) is 30.1. The summed E-state index contributed by atoms with van der Waals surface area (Å²) in [7, 11) is 1.69. The van der Waals surface area contributed by atoms with Crippen molar-refractivity contribution in [1.82, 2.24) is 9.80 Å². The molecule has 9 heteroatoms. The molecule has 2 bridgehead atoms. The zero-order chi connectivity index (χ0) is 26.5. The van der Waals surface area contributed by atoms with Crippen LogP contribution in [0.15, 0.2) is 48.5 Å². The van der Waals surface area contributed by atoms with Gasteiger partial charge in [0.05, 0.1) is 24.3 Å². The van der Waals surface area contributed by atoms with Gasteiger partial charge in [-0.15, -0.1) is 0 Å². The number of methoxy groups -OCH3 is 1. The van der Waals surface area contributed by atoms with Crippen LogP contribution in [0.3, 0.4) is 0 Å². The average molecular weight is 519 g/mol. The number of ether oxygens (including phenoxy) is 2. The van der Waals surface area contributed by atoms with E-state index in [1.54, 1.807) is 36.3 Å². The van der Waals surface area contributed by atoms with E-state index >= 15 is 0 Å². The maximum Gasteiger partial charge on any atom is 0.416 e. The van der Waals surface area contributed by atoms with Gasteiger partial charge in [0, 0.05) is 32.3 Å². The van der Waals surface area contributed by atoms with Gasteiger partial charge in [-0.05, 0) is 67.5 Å². The van der Waals surface area contributed by atoms with Crippen LogP contribution in [0, 0.1) is 5.41 Å². The summed E-state index contributed by atoms with van der Waals surface area (Å²) in [5.41, 5.74) is -0.134. The second-order valence-electron chi connectivity index (χ2n) is 9.89. The van der Waals surface area contributed by atoms with Crippen LogP contribution in [0.1, 0.15) is 58.4 Å². The van der Waals surface area contributed by atoms with Crippen molar-refractivity contribution in [1.29, 1.82) is 0 Å². The fourth-order valence-corrected chi connectivity index (χ4v) is 5.26. The highest BCUT2D eigenvalue weighted by Crippen LogP contribution is 2.38. The number of carbonyl (C=O) groups is 2. The van der Waals surface area contributed by atoms with Gasteiger partial charge in [0.15, 0.2) is 0 Å². The van der Waals surface area contributed by atoms with Gasteiger partial charge in [0.25, 0.3) is 11.8 Å². The Hall–Kier alpha value is -3.07. The van der Waals surface area contributed by atoms with Crippen LogP contribution in [-0.2, 0) is 10.9 Å². The van der Waals surface area contributed by atoms with Crippen LogP contribution < -0.4 is 4.74 Å². The van der Waals surface area contributed by atoms with Crippen LogP contribution in [0.4, 0.5) is 13.2 Å². The Bertz CT molecular complexity index is 1080. The van der Waals surface area contributed by atoms with Crippen molar-refractivity contribution in [2.24, 2.45) is 5.41 Å². The second kappa shape index (κ2) is 11.5. The number of nitrogens with zero attached hydrogens (tertiary/aromatic N) is 2. The molecule has 2 aromatic rings. The molecule has 1 fully saturated rings. The number of hydrogen-bond acceptors (Lipinski definition) is 4. The first-order valence-corrected chi connectivity index (χ1v) is 12.7. The number of fused-ring (bicyclic) bond motifs is 9. The van der Waals surface area contributed by atoms with Crippen LogP contribution in [0.5, 0.6) is 5.75 Å². The largest absolute Gasteiger partial charge is 0.491 e. The normalized spacial score (nSPS) is 19.0. The van der Waals surface area contributed by atoms with Gasteiger partial charge in [-0.1, -0.05) is 18.6 Å². The Kier molecular flexibility index (Phi) is 8.42. The molecule has 5 rings (SSSR count). The number of amides is 2. The van der Waals surface area contributed by atoms with Gasteiger partial charge >= 0.3 is 6.18 Å². The van der Waals surface area contributed by atoms with E-state index in [0.29, 0.717) is 37.6 Å². The molecular weight excluding hydrogens is 485 g/mol. The average Bonchev–Trinajstić information content (AvgIpc) is 2.90. The number of benzene rings is 2. The van der Waals surface area contributed by atoms with E-state index < -0.39 is 11.7 Å². The molecule has 6 nitrogen and oxygen atoms in total. The van der Waals surface area contributed by atoms with Crippen molar-refractivity contribution in [3.63, 3.8) is 0 Å². The van der Waals surface area contributed by atoms with Crippen LogP contribution in [0.2, 0.25) is 0 Å². The predicted molar refractivity (Wildman–Crippen MR) is 133 cm³/mol. The molecule has 2 amide bonds. The van der Waals surface area contributed by atoms with Crippen molar-refractivity contribution in [3.05, 3.63) is 65.2 Å². The summed E-state index contributed by atoms with van der Waals surface area (Å²) in [6.45, 7) is 2.77. The quantitative estimate of drug-likeness (QED) is 0.555. The van der Waals surface area contributed by atoms with Gasteiger partial charge < -0.3 is 19.3 Å². The third-order valence-corrected chi connectivity index (χ3v) is 7.43. The van der Waals surface area contributed by atoms with Crippen LogP contribution in [0.25, 0.3) is 0 Å². The van der Waals surface area contributed by atoms with Crippen molar-refractivity contribution in [3.8, 4) is 5.75 Å². The first-order valence-electron chi connectivity index (χ1n) is 12.7. The van der Waals surface area contributed by atoms with Gasteiger partial charge in [-0.25, -0.2) is 0 Å². The highest BCUT2D eigenvalue weighted by atomic mass is 19.4. The van der Waals surface area contributed by atoms with E-state index in [1.165, 1.54) is 12.1 Å². The number of hydrogen-bond donors (Lipinski definition) is 0. The Morgan fingerprint density at radius 1 is 0.973 bits per heavy atom. The summed E-state index contributed by atoms with van der Waals surface area (Å²) < 4.78 is 50.4. The molecular formula is C28H33F3N2O4. The third-order valence-electron chi connectivity index (χ3n) is 7.43. The molecule has 0 aliphatic carbocycles. The summed E-state index contributed by atoms with van der Waals surface area (Å²) in [6.07, 6.45) is -0.254. The lowest BCUT2D eigenvalue weighted by Gasteiger charge is -2.41. The van der Waals surface area contributed by atoms with Gasteiger partial charge in [0.1, 0.15) is 12.4 Å². The zero-order valence-electron chi connectivity index (χ0n) is 21.1. The number of halogens is 3. The minimum absolute atomic E-state index is 0.0238. The minimum atomic E-state index is -4.46. The third kappa shape index (κ3) is 6.44. The predicted octanol–water partition coefficient (Wildman–Crippen LogP) is 5.28. The Balaban J connectivity index is 1.56. The van der Waals surface area contributed by atoms with E-state index in [-0.39, 0.29) is 35.9 Å². The lowest BCUT2D eigenvalue weighted by molar-refractivity contribution is -0.137. The highest BCUT2D eigenvalue weighted by molar-refractivity contribution is 5.97. The molecule has 3 aliphatic heterocycles. The molecule has 0 spiro atoms. The standard InChI is InChI=1S/C28H33F3N2O4/c1-36-20-27-12-4-5-15-32(25(34)21-8-10-22(11-9-21)28(29,30)31)18-19-37-24-7-3-2-6-23(24)26(35)33(16-13-27)17-14-27/h2-3,6-11H,4-5,12-20H2,1H3. The topological polar surface area (TPSA) is 59.1 Å². The smallest absolute Gasteiger partial charge is 0.416 e. The molecule has 0 radical (unpaired) electrons. The summed E-state index contributed by atoms with van der Waals surface area (Å²) in [6, 6.07) is 11.4. The number of carbonyl (C=O) groups excluding carboxylic acids is 2. The summed E-state index contributed by atoms with van der Waals surface area (Å²) in [5.74, 6) is 0.0388. The SMILES string of the molecule is COCC12CCCCN(C(=O)c3ccc(C(F)(F)F)cc3)CCOc3ccccc3C(=O)N(CC1)CC2. The Morgan fingerprint density at radius 2 is 1.68 bits per heavy atom. The van der Waals surface area contributed by atoms with Crippen molar-refractivity contribution in [2.45, 2.75) is 38.3 Å². The molecule has 1 saturated heterocycles. The van der Waals surface area contributed by atoms with E-state index in [9.17, 15) is 22.8 Å². The number of piperidine rings is 1. The number of rotatable bonds is 3. The monoisotopic (exact) mass is 518 g/mol. The Labute approximate surface area is 215 Å². The van der Waals surface area contributed by atoms with Gasteiger partial charge in [-0.3, -0.25) is 9.59 Å². The molecule has 2 aromatic carbocycles. The van der Waals surface area contributed by atoms with Crippen LogP contribution in [-0.4, -0.2) is 68.1 Å². The molecule has 0 N–H and O–H groups in total. The fourth-order valence-electron chi connectivity index (χ4n) is 5.26. The van der Waals surface area contributed by atoms with E-state index in [0.717, 1.165) is 44.2 Å². The molecule has 0 atom stereocenters. The maximum atomic E-state index is 13.3. The van der Waals surface area contributed by atoms with Gasteiger partial charge in [-0.2, -0.15) is 13.2 Å². The number of para-hydroxylation sites is 1. The van der Waals surface area contributed by atoms with Crippen molar-refractivity contribution < 1.29 is 32.2 Å². The van der Waals surface area contributed by atoms with E-state index in [4.69, 9.17) is 9.47 Å². The van der Waals surface area contributed by atoms with E-state index in [1.807, 2.05) is 4.90 Å². The lowest BCUT2D eigenvalue weighted by atomic mass is 9.75. The molecule has 0 aromatic heterocycles. The zero-order valence-corrected chi connectivity index (χ0v) is 21.1. The maximum absolute atomic E-state index is 13.3. The highest BCUT2D eigenvalue weighted by Gasteiger charge is 2.36. The molecule has 0 unspecified atom stereocenters. The summed E-state index contributed by atoms with van der Waals surface area (Å²) in [5, 5.41) is 0. The first-order chi connectivity index (χ1) is 17.7. The number of alkyl halides is 3. The minimum Gasteiger partial charge on any atom is -0.491 e. The first kappa shape index (κ1) is 27.0. The van der Waals surface area contributed by atoms with Crippen molar-refractivity contribution in [2.75, 3.05) is 46.5 Å². The van der Waals surface area contributed by atoms with Crippen LogP contribution >= 0.6 is 0 Å². The molecule has 3 aliphatic rings. The molecule has 37 heavy (non-hydrogen) atoms. The van der Waals surface area contributed by atoms with E-state index in [2.05, 4.69) is 0 Å².